The lowest BCUT2D eigenvalue weighted by molar-refractivity contribution is -0.135. The maximum Gasteiger partial charge on any atom is 0.244 e. The topological polar surface area (TPSA) is 62.6 Å². The molecule has 1 aromatic heterocycles. The Labute approximate surface area is 156 Å². The number of carbonyl (C=O) groups is 1. The van der Waals surface area contributed by atoms with E-state index in [1.807, 2.05) is 25.2 Å². The molecule has 2 fully saturated rings. The summed E-state index contributed by atoms with van der Waals surface area (Å²) in [5.74, 6) is 0.829. The highest BCUT2D eigenvalue weighted by Gasteiger charge is 2.31. The number of aromatic nitrogens is 2. The summed E-state index contributed by atoms with van der Waals surface area (Å²) in [5, 5.41) is 7.34. The first-order valence-corrected chi connectivity index (χ1v) is 9.78. The highest BCUT2D eigenvalue weighted by molar-refractivity contribution is 5.83. The number of morpholine rings is 1. The molecule has 2 aliphatic heterocycles. The molecule has 26 heavy (non-hydrogen) atoms. The van der Waals surface area contributed by atoms with Crippen LogP contribution in [0.15, 0.2) is 12.4 Å². The largest absolute Gasteiger partial charge is 0.373 e. The molecule has 0 bridgehead atoms. The van der Waals surface area contributed by atoms with Crippen molar-refractivity contribution in [3.05, 3.63) is 18.0 Å². The lowest BCUT2D eigenvalue weighted by Gasteiger charge is -2.40. The lowest BCUT2D eigenvalue weighted by Crippen LogP contribution is -2.49. The first kappa shape index (κ1) is 19.3. The number of nitrogens with one attached hydrogen (secondary N) is 1. The molecule has 7 nitrogen and oxygen atoms in total. The number of aryl methyl sites for hydroxylation is 1. The number of rotatable bonds is 5. The summed E-state index contributed by atoms with van der Waals surface area (Å²) >= 11 is 0. The zero-order valence-corrected chi connectivity index (χ0v) is 16.5. The monoisotopic (exact) mass is 363 g/mol. The van der Waals surface area contributed by atoms with Gasteiger partial charge in [0.05, 0.1) is 18.4 Å². The van der Waals surface area contributed by atoms with Gasteiger partial charge in [-0.25, -0.2) is 0 Å². The fourth-order valence-corrected chi connectivity index (χ4v) is 4.34. The standard InChI is InChI=1S/C19H33N5O2/c1-14-10-23(11-15(2)26-14)12-16-5-7-24(8-6-16)19(25)18(20-3)17-9-21-22(4)13-17/h9,13-16,18,20H,5-8,10-12H2,1-4H3. The Hall–Kier alpha value is -1.44. The number of piperidine rings is 1. The second-order valence-electron chi connectivity index (χ2n) is 7.91. The number of amides is 1. The fourth-order valence-electron chi connectivity index (χ4n) is 4.34. The van der Waals surface area contributed by atoms with Gasteiger partial charge in [-0.2, -0.15) is 5.10 Å². The van der Waals surface area contributed by atoms with Gasteiger partial charge in [0.15, 0.2) is 0 Å². The quantitative estimate of drug-likeness (QED) is 0.847. The van der Waals surface area contributed by atoms with Crippen LogP contribution in [-0.2, 0) is 16.6 Å². The van der Waals surface area contributed by atoms with Crippen LogP contribution >= 0.6 is 0 Å². The third kappa shape index (κ3) is 4.64. The van der Waals surface area contributed by atoms with Crippen LogP contribution in [0.25, 0.3) is 0 Å². The third-order valence-corrected chi connectivity index (χ3v) is 5.53. The number of likely N-dealkylation sites (tertiary alicyclic amines) is 1. The molecule has 3 atom stereocenters. The summed E-state index contributed by atoms with van der Waals surface area (Å²) in [7, 11) is 3.71. The summed E-state index contributed by atoms with van der Waals surface area (Å²) in [6.45, 7) is 9.16. The van der Waals surface area contributed by atoms with Crippen molar-refractivity contribution in [2.24, 2.45) is 13.0 Å². The van der Waals surface area contributed by atoms with Crippen molar-refractivity contribution in [3.63, 3.8) is 0 Å². The van der Waals surface area contributed by atoms with Gasteiger partial charge in [0.1, 0.15) is 6.04 Å². The van der Waals surface area contributed by atoms with Crippen LogP contribution in [0.2, 0.25) is 0 Å². The van der Waals surface area contributed by atoms with Crippen LogP contribution in [0, 0.1) is 5.92 Å². The van der Waals surface area contributed by atoms with Crippen LogP contribution < -0.4 is 5.32 Å². The predicted octanol–water partition coefficient (Wildman–Crippen LogP) is 1.03. The van der Waals surface area contributed by atoms with Gasteiger partial charge in [-0.1, -0.05) is 0 Å². The minimum absolute atomic E-state index is 0.160. The normalized spacial score (nSPS) is 26.8. The number of carbonyl (C=O) groups excluding carboxylic acids is 1. The molecule has 0 saturated carbocycles. The Balaban J connectivity index is 1.50. The Kier molecular flexibility index (Phi) is 6.32. The van der Waals surface area contributed by atoms with E-state index in [9.17, 15) is 4.79 Å². The van der Waals surface area contributed by atoms with Gasteiger partial charge in [-0.3, -0.25) is 14.4 Å². The average Bonchev–Trinajstić information content (AvgIpc) is 3.01. The van der Waals surface area contributed by atoms with E-state index in [1.165, 1.54) is 0 Å². The molecule has 3 rings (SSSR count). The molecule has 1 N–H and O–H groups in total. The molecule has 0 radical (unpaired) electrons. The van der Waals surface area contributed by atoms with Gasteiger partial charge in [0.2, 0.25) is 5.91 Å². The van der Waals surface area contributed by atoms with E-state index >= 15 is 0 Å². The number of nitrogens with zero attached hydrogens (tertiary/aromatic N) is 4. The van der Waals surface area contributed by atoms with Crippen molar-refractivity contribution in [1.29, 1.82) is 0 Å². The van der Waals surface area contributed by atoms with Crippen molar-refractivity contribution in [3.8, 4) is 0 Å². The third-order valence-electron chi connectivity index (χ3n) is 5.53. The highest BCUT2D eigenvalue weighted by Crippen LogP contribution is 2.23. The molecule has 0 spiro atoms. The summed E-state index contributed by atoms with van der Waals surface area (Å²) in [5.41, 5.74) is 0.929. The van der Waals surface area contributed by atoms with Crippen molar-refractivity contribution >= 4 is 5.91 Å². The van der Waals surface area contributed by atoms with E-state index in [2.05, 4.69) is 29.2 Å². The van der Waals surface area contributed by atoms with E-state index in [4.69, 9.17) is 4.74 Å². The summed E-state index contributed by atoms with van der Waals surface area (Å²) in [6.07, 6.45) is 6.47. The maximum absolute atomic E-state index is 12.9. The molecule has 3 heterocycles. The first-order valence-electron chi connectivity index (χ1n) is 9.78. The second-order valence-corrected chi connectivity index (χ2v) is 7.91. The molecule has 0 aliphatic carbocycles. The number of likely N-dealkylation sites (N-methyl/N-ethyl adjacent to an activating group) is 1. The van der Waals surface area contributed by atoms with Gasteiger partial charge in [-0.15, -0.1) is 0 Å². The van der Waals surface area contributed by atoms with E-state index < -0.39 is 0 Å². The Morgan fingerprint density at radius 1 is 1.31 bits per heavy atom. The minimum Gasteiger partial charge on any atom is -0.373 e. The zero-order chi connectivity index (χ0) is 18.7. The first-order chi connectivity index (χ1) is 12.5. The zero-order valence-electron chi connectivity index (χ0n) is 16.5. The van der Waals surface area contributed by atoms with Crippen LogP contribution in [0.3, 0.4) is 0 Å². The van der Waals surface area contributed by atoms with Gasteiger partial charge in [0.25, 0.3) is 0 Å². The molecule has 2 saturated heterocycles. The number of hydrogen-bond acceptors (Lipinski definition) is 5. The van der Waals surface area contributed by atoms with Crippen LogP contribution in [0.5, 0.6) is 0 Å². The summed E-state index contributed by atoms with van der Waals surface area (Å²) in [6, 6.07) is -0.304. The Morgan fingerprint density at radius 2 is 1.96 bits per heavy atom. The molecule has 2 aliphatic rings. The molecule has 0 aromatic carbocycles. The molecule has 1 aromatic rings. The fraction of sp³-hybridized carbons (Fsp3) is 0.789. The average molecular weight is 364 g/mol. The van der Waals surface area contributed by atoms with Crippen molar-refractivity contribution < 1.29 is 9.53 Å². The minimum atomic E-state index is -0.304. The van der Waals surface area contributed by atoms with Crippen LogP contribution in [-0.4, -0.2) is 77.5 Å². The molecule has 3 unspecified atom stereocenters. The summed E-state index contributed by atoms with van der Waals surface area (Å²) < 4.78 is 7.57. The lowest BCUT2D eigenvalue weighted by atomic mass is 9.95. The molecule has 146 valence electrons. The van der Waals surface area contributed by atoms with Crippen LogP contribution in [0.4, 0.5) is 0 Å². The summed E-state index contributed by atoms with van der Waals surface area (Å²) in [4.78, 5) is 17.5. The SMILES string of the molecule is CNC(C(=O)N1CCC(CN2CC(C)OC(C)C2)CC1)c1cnn(C)c1. The predicted molar refractivity (Wildman–Crippen MR) is 101 cm³/mol. The van der Waals surface area contributed by atoms with Crippen LogP contribution in [0.1, 0.15) is 38.3 Å². The van der Waals surface area contributed by atoms with E-state index in [0.29, 0.717) is 18.1 Å². The van der Waals surface area contributed by atoms with Gasteiger partial charge < -0.3 is 15.0 Å². The Morgan fingerprint density at radius 3 is 2.50 bits per heavy atom. The highest BCUT2D eigenvalue weighted by atomic mass is 16.5. The van der Waals surface area contributed by atoms with Gasteiger partial charge >= 0.3 is 0 Å². The molecular formula is C19H33N5O2. The number of ether oxygens (including phenoxy) is 1. The van der Waals surface area contributed by atoms with E-state index in [-0.39, 0.29) is 11.9 Å². The van der Waals surface area contributed by atoms with Crippen molar-refractivity contribution in [2.45, 2.75) is 44.9 Å². The van der Waals surface area contributed by atoms with Crippen molar-refractivity contribution in [1.82, 2.24) is 24.9 Å². The van der Waals surface area contributed by atoms with E-state index in [1.54, 1.807) is 10.9 Å². The number of hydrogen-bond donors (Lipinski definition) is 1. The van der Waals surface area contributed by atoms with Crippen molar-refractivity contribution in [2.75, 3.05) is 39.8 Å². The smallest absolute Gasteiger partial charge is 0.244 e. The maximum atomic E-state index is 12.9. The molecule has 1 amide bonds. The molecule has 7 heteroatoms. The van der Waals surface area contributed by atoms with Gasteiger partial charge in [0, 0.05) is 51.5 Å². The Bertz CT molecular complexity index is 587. The second kappa shape index (κ2) is 8.50. The van der Waals surface area contributed by atoms with Gasteiger partial charge in [-0.05, 0) is 39.7 Å². The molecular weight excluding hydrogens is 330 g/mol. The van der Waals surface area contributed by atoms with E-state index in [0.717, 1.165) is 51.1 Å².